The van der Waals surface area contributed by atoms with Gasteiger partial charge in [-0.3, -0.25) is 0 Å². The topological polar surface area (TPSA) is 30.5 Å². The van der Waals surface area contributed by atoms with Crippen molar-refractivity contribution >= 4 is 0 Å². The molecule has 132 valence electrons. The minimum Gasteiger partial charge on any atom is -0.373 e. The lowest BCUT2D eigenvalue weighted by molar-refractivity contribution is 0.00369. The zero-order chi connectivity index (χ0) is 17.4. The van der Waals surface area contributed by atoms with Gasteiger partial charge in [0.2, 0.25) is 0 Å². The Kier molecular flexibility index (Phi) is 4.27. The second kappa shape index (κ2) is 6.44. The Morgan fingerprint density at radius 1 is 1.08 bits per heavy atom. The number of hydrogen-bond acceptors (Lipinski definition) is 3. The monoisotopic (exact) mass is 349 g/mol. The van der Waals surface area contributed by atoms with Crippen molar-refractivity contribution in [3.05, 3.63) is 71.0 Å². The Morgan fingerprint density at radius 2 is 1.92 bits per heavy atom. The number of nitrogens with one attached hydrogen (secondary N) is 1. The lowest BCUT2D eigenvalue weighted by Gasteiger charge is -2.28. The summed E-state index contributed by atoms with van der Waals surface area (Å²) in [4.78, 5) is 5.40. The molecule has 1 aliphatic carbocycles. The first-order chi connectivity index (χ1) is 12.1. The van der Waals surface area contributed by atoms with Crippen LogP contribution in [0, 0.1) is 23.4 Å². The second-order valence-electron chi connectivity index (χ2n) is 6.68. The Labute approximate surface area is 143 Å². The van der Waals surface area contributed by atoms with Crippen LogP contribution in [0.3, 0.4) is 0 Å². The molecule has 1 unspecified atom stereocenters. The highest BCUT2D eigenvalue weighted by Crippen LogP contribution is 2.48. The van der Waals surface area contributed by atoms with Crippen LogP contribution in [0.15, 0.2) is 42.5 Å². The van der Waals surface area contributed by atoms with Gasteiger partial charge in [0, 0.05) is 11.5 Å². The van der Waals surface area contributed by atoms with Gasteiger partial charge in [-0.2, -0.15) is 5.48 Å². The minimum atomic E-state index is -0.887. The molecule has 0 bridgehead atoms. The van der Waals surface area contributed by atoms with E-state index in [0.717, 1.165) is 12.1 Å². The molecule has 6 heteroatoms. The molecule has 2 aliphatic rings. The highest BCUT2D eigenvalue weighted by atomic mass is 19.2. The van der Waals surface area contributed by atoms with E-state index in [9.17, 15) is 13.2 Å². The molecule has 1 saturated carbocycles. The quantitative estimate of drug-likeness (QED) is 0.910. The molecule has 25 heavy (non-hydrogen) atoms. The number of benzene rings is 2. The van der Waals surface area contributed by atoms with Crippen LogP contribution < -0.4 is 5.48 Å². The summed E-state index contributed by atoms with van der Waals surface area (Å²) in [6.45, 7) is 0.669. The van der Waals surface area contributed by atoms with E-state index in [2.05, 4.69) is 5.48 Å². The molecule has 2 aromatic carbocycles. The minimum absolute atomic E-state index is 0.0966. The SMILES string of the molecule is Fc1ccc(CO[C@H]2CC3CON[C@@]3(c3ccccc3F)C2)cc1F. The summed E-state index contributed by atoms with van der Waals surface area (Å²) in [7, 11) is 0. The van der Waals surface area contributed by atoms with E-state index in [1.165, 1.54) is 12.1 Å². The largest absolute Gasteiger partial charge is 0.373 e. The summed E-state index contributed by atoms with van der Waals surface area (Å²) in [5.41, 5.74) is 3.55. The van der Waals surface area contributed by atoms with E-state index in [1.54, 1.807) is 18.2 Å². The summed E-state index contributed by atoms with van der Waals surface area (Å²) in [5.74, 6) is -1.94. The third-order valence-electron chi connectivity index (χ3n) is 5.16. The van der Waals surface area contributed by atoms with Gasteiger partial charge in [-0.05, 0) is 36.6 Å². The van der Waals surface area contributed by atoms with E-state index in [0.29, 0.717) is 30.6 Å². The van der Waals surface area contributed by atoms with Gasteiger partial charge < -0.3 is 9.57 Å². The number of ether oxygens (including phenoxy) is 1. The van der Waals surface area contributed by atoms with Crippen LogP contribution in [0.4, 0.5) is 13.2 Å². The smallest absolute Gasteiger partial charge is 0.159 e. The predicted octanol–water partition coefficient (Wildman–Crippen LogP) is 3.83. The summed E-state index contributed by atoms with van der Waals surface area (Å²) >= 11 is 0. The van der Waals surface area contributed by atoms with E-state index < -0.39 is 17.2 Å². The fourth-order valence-electron chi connectivity index (χ4n) is 3.91. The van der Waals surface area contributed by atoms with Gasteiger partial charge in [-0.25, -0.2) is 13.2 Å². The maximum atomic E-state index is 14.3. The maximum absolute atomic E-state index is 14.3. The molecule has 1 N–H and O–H groups in total. The third kappa shape index (κ3) is 2.94. The molecule has 0 aromatic heterocycles. The van der Waals surface area contributed by atoms with Crippen LogP contribution in [-0.4, -0.2) is 12.7 Å². The third-order valence-corrected chi connectivity index (χ3v) is 5.16. The Morgan fingerprint density at radius 3 is 2.72 bits per heavy atom. The first-order valence-electron chi connectivity index (χ1n) is 8.28. The molecule has 1 heterocycles. The van der Waals surface area contributed by atoms with Gasteiger partial charge in [-0.1, -0.05) is 24.3 Å². The summed E-state index contributed by atoms with van der Waals surface area (Å²) in [6, 6.07) is 10.4. The van der Waals surface area contributed by atoms with Crippen molar-refractivity contribution in [3.63, 3.8) is 0 Å². The molecular formula is C19H18F3NO2. The van der Waals surface area contributed by atoms with Crippen LogP contribution in [-0.2, 0) is 21.7 Å². The zero-order valence-electron chi connectivity index (χ0n) is 13.5. The molecule has 2 fully saturated rings. The predicted molar refractivity (Wildman–Crippen MR) is 84.8 cm³/mol. The number of fused-ring (bicyclic) bond motifs is 1. The first-order valence-corrected chi connectivity index (χ1v) is 8.28. The molecule has 0 spiro atoms. The van der Waals surface area contributed by atoms with Crippen LogP contribution in [0.5, 0.6) is 0 Å². The van der Waals surface area contributed by atoms with Crippen molar-refractivity contribution in [1.82, 2.24) is 5.48 Å². The van der Waals surface area contributed by atoms with Gasteiger partial charge in [0.25, 0.3) is 0 Å². The number of halogens is 3. The molecule has 2 aromatic rings. The molecular weight excluding hydrogens is 331 g/mol. The summed E-state index contributed by atoms with van der Waals surface area (Å²) in [5, 5.41) is 0. The first kappa shape index (κ1) is 16.6. The van der Waals surface area contributed by atoms with Crippen molar-refractivity contribution in [1.29, 1.82) is 0 Å². The van der Waals surface area contributed by atoms with Crippen molar-refractivity contribution in [2.75, 3.05) is 6.61 Å². The zero-order valence-corrected chi connectivity index (χ0v) is 13.5. The Bertz CT molecular complexity index is 785. The van der Waals surface area contributed by atoms with Gasteiger partial charge in [0.05, 0.1) is 24.9 Å². The standard InChI is InChI=1S/C19H18F3NO2/c20-16-4-2-1-3-15(16)19-9-14(8-13(19)11-25-23-19)24-10-12-5-6-17(21)18(22)7-12/h1-7,13-14,23H,8-11H2/t13?,14-,19-/m0/s1. The summed E-state index contributed by atoms with van der Waals surface area (Å²) in [6.07, 6.45) is 1.15. The molecule has 0 amide bonds. The molecule has 3 nitrogen and oxygen atoms in total. The number of hydrogen-bond donors (Lipinski definition) is 1. The van der Waals surface area contributed by atoms with Gasteiger partial charge in [0.15, 0.2) is 11.6 Å². The lowest BCUT2D eigenvalue weighted by Crippen LogP contribution is -2.39. The summed E-state index contributed by atoms with van der Waals surface area (Å²) < 4.78 is 46.5. The molecule has 1 saturated heterocycles. The van der Waals surface area contributed by atoms with E-state index in [-0.39, 0.29) is 24.4 Å². The maximum Gasteiger partial charge on any atom is 0.159 e. The Hall–Kier alpha value is -1.89. The van der Waals surface area contributed by atoms with Gasteiger partial charge in [0.1, 0.15) is 5.82 Å². The molecule has 0 radical (unpaired) electrons. The molecule has 4 rings (SSSR count). The van der Waals surface area contributed by atoms with E-state index >= 15 is 0 Å². The highest BCUT2D eigenvalue weighted by molar-refractivity contribution is 5.30. The van der Waals surface area contributed by atoms with Crippen LogP contribution in [0.2, 0.25) is 0 Å². The van der Waals surface area contributed by atoms with Crippen molar-refractivity contribution in [3.8, 4) is 0 Å². The molecule has 3 atom stereocenters. The fourth-order valence-corrected chi connectivity index (χ4v) is 3.91. The number of rotatable bonds is 4. The highest BCUT2D eigenvalue weighted by Gasteiger charge is 2.54. The Balaban J connectivity index is 1.49. The average molecular weight is 349 g/mol. The van der Waals surface area contributed by atoms with Crippen molar-refractivity contribution < 1.29 is 22.7 Å². The second-order valence-corrected chi connectivity index (χ2v) is 6.68. The van der Waals surface area contributed by atoms with Crippen molar-refractivity contribution in [2.45, 2.75) is 31.1 Å². The van der Waals surface area contributed by atoms with Crippen molar-refractivity contribution in [2.24, 2.45) is 5.92 Å². The van der Waals surface area contributed by atoms with Gasteiger partial charge in [-0.15, -0.1) is 0 Å². The average Bonchev–Trinajstić information content (AvgIpc) is 3.14. The molecule has 1 aliphatic heterocycles. The number of hydroxylamine groups is 1. The lowest BCUT2D eigenvalue weighted by atomic mass is 9.82. The normalized spacial score (nSPS) is 28.3. The van der Waals surface area contributed by atoms with Crippen LogP contribution >= 0.6 is 0 Å². The van der Waals surface area contributed by atoms with Crippen LogP contribution in [0.25, 0.3) is 0 Å². The van der Waals surface area contributed by atoms with Gasteiger partial charge >= 0.3 is 0 Å². The van der Waals surface area contributed by atoms with E-state index in [4.69, 9.17) is 9.57 Å². The fraction of sp³-hybridized carbons (Fsp3) is 0.368. The van der Waals surface area contributed by atoms with E-state index in [1.807, 2.05) is 0 Å². The van der Waals surface area contributed by atoms with Crippen LogP contribution in [0.1, 0.15) is 24.0 Å².